The summed E-state index contributed by atoms with van der Waals surface area (Å²) in [5, 5.41) is 8.69. The van der Waals surface area contributed by atoms with Gasteiger partial charge in [-0.2, -0.15) is 0 Å². The van der Waals surface area contributed by atoms with E-state index in [4.69, 9.17) is 10.8 Å². The molecule has 0 fully saturated rings. The van der Waals surface area contributed by atoms with Gasteiger partial charge < -0.3 is 15.7 Å². The Bertz CT molecular complexity index is 193. The highest BCUT2D eigenvalue weighted by molar-refractivity contribution is 5.75. The summed E-state index contributed by atoms with van der Waals surface area (Å²) in [4.78, 5) is 13.1. The van der Waals surface area contributed by atoms with E-state index in [1.165, 1.54) is 0 Å². The number of carbonyl (C=O) groups excluding carboxylic acids is 1. The van der Waals surface area contributed by atoms with E-state index >= 15 is 0 Å². The van der Waals surface area contributed by atoms with Crippen LogP contribution in [-0.4, -0.2) is 42.7 Å². The summed E-state index contributed by atoms with van der Waals surface area (Å²) in [6, 6.07) is 0. The molecule has 0 saturated carbocycles. The molecule has 0 heterocycles. The summed E-state index contributed by atoms with van der Waals surface area (Å²) >= 11 is 0. The maximum Gasteiger partial charge on any atom is 0.222 e. The number of hydrogen-bond acceptors (Lipinski definition) is 3. The maximum absolute atomic E-state index is 11.6. The van der Waals surface area contributed by atoms with Gasteiger partial charge in [-0.05, 0) is 24.8 Å². The van der Waals surface area contributed by atoms with Crippen LogP contribution in [0.3, 0.4) is 0 Å². The molecule has 3 N–H and O–H groups in total. The average molecular weight is 216 g/mol. The number of likely N-dealkylation sites (N-methyl/N-ethyl adjacent to an activating group) is 1. The fourth-order valence-corrected chi connectivity index (χ4v) is 1.43. The fourth-order valence-electron chi connectivity index (χ4n) is 1.43. The van der Waals surface area contributed by atoms with Gasteiger partial charge in [0.1, 0.15) is 0 Å². The van der Waals surface area contributed by atoms with Crippen LogP contribution in [0.25, 0.3) is 0 Å². The second-order valence-corrected chi connectivity index (χ2v) is 4.74. The van der Waals surface area contributed by atoms with E-state index < -0.39 is 0 Å². The van der Waals surface area contributed by atoms with Crippen molar-refractivity contribution in [1.29, 1.82) is 0 Å². The summed E-state index contributed by atoms with van der Waals surface area (Å²) in [6.07, 6.45) is 2.31. The molecule has 15 heavy (non-hydrogen) atoms. The zero-order valence-corrected chi connectivity index (χ0v) is 10.1. The quantitative estimate of drug-likeness (QED) is 0.654. The minimum atomic E-state index is 0.0223. The van der Waals surface area contributed by atoms with Crippen LogP contribution in [0.15, 0.2) is 0 Å². The van der Waals surface area contributed by atoms with Crippen LogP contribution in [0.4, 0.5) is 0 Å². The first-order chi connectivity index (χ1) is 6.93. The molecule has 0 radical (unpaired) electrons. The van der Waals surface area contributed by atoms with Gasteiger partial charge in [0.25, 0.3) is 0 Å². The van der Waals surface area contributed by atoms with Gasteiger partial charge in [0.05, 0.1) is 6.61 Å². The van der Waals surface area contributed by atoms with Crippen LogP contribution in [0, 0.1) is 5.41 Å². The van der Waals surface area contributed by atoms with Crippen molar-refractivity contribution in [2.24, 2.45) is 11.1 Å². The molecule has 0 rings (SSSR count). The Hall–Kier alpha value is -0.610. The van der Waals surface area contributed by atoms with Gasteiger partial charge in [-0.1, -0.05) is 13.8 Å². The van der Waals surface area contributed by atoms with Crippen LogP contribution in [0.1, 0.15) is 33.1 Å². The largest absolute Gasteiger partial charge is 0.395 e. The minimum absolute atomic E-state index is 0.0223. The molecule has 90 valence electrons. The summed E-state index contributed by atoms with van der Waals surface area (Å²) in [7, 11) is 1.72. The molecule has 0 unspecified atom stereocenters. The van der Waals surface area contributed by atoms with Crippen molar-refractivity contribution in [2.45, 2.75) is 33.1 Å². The average Bonchev–Trinajstić information content (AvgIpc) is 2.14. The van der Waals surface area contributed by atoms with Gasteiger partial charge in [-0.3, -0.25) is 4.79 Å². The molecule has 0 aliphatic rings. The molecule has 0 saturated heterocycles. The standard InChI is InChI=1S/C11H24N2O2/c1-11(2,6-7-12)5-4-10(15)13(3)8-9-14/h14H,4-9,12H2,1-3H3. The van der Waals surface area contributed by atoms with E-state index in [1.807, 2.05) is 0 Å². The molecule has 0 aromatic carbocycles. The topological polar surface area (TPSA) is 66.6 Å². The molecule has 0 aromatic heterocycles. The Balaban J connectivity index is 3.88. The molecule has 0 aliphatic heterocycles. The van der Waals surface area contributed by atoms with Crippen molar-refractivity contribution in [1.82, 2.24) is 4.90 Å². The highest BCUT2D eigenvalue weighted by Gasteiger charge is 2.19. The highest BCUT2D eigenvalue weighted by atomic mass is 16.3. The number of rotatable bonds is 7. The van der Waals surface area contributed by atoms with Crippen LogP contribution >= 0.6 is 0 Å². The Morgan fingerprint density at radius 1 is 1.40 bits per heavy atom. The molecule has 4 nitrogen and oxygen atoms in total. The smallest absolute Gasteiger partial charge is 0.222 e. The number of nitrogens with two attached hydrogens (primary N) is 1. The first-order valence-corrected chi connectivity index (χ1v) is 5.48. The number of nitrogens with zero attached hydrogens (tertiary/aromatic N) is 1. The molecular formula is C11H24N2O2. The van der Waals surface area contributed by atoms with Gasteiger partial charge in [0.2, 0.25) is 5.91 Å². The second-order valence-electron chi connectivity index (χ2n) is 4.74. The van der Waals surface area contributed by atoms with Crippen molar-refractivity contribution < 1.29 is 9.90 Å². The third kappa shape index (κ3) is 6.47. The van der Waals surface area contributed by atoms with E-state index in [-0.39, 0.29) is 17.9 Å². The number of aliphatic hydroxyl groups is 1. The van der Waals surface area contributed by atoms with E-state index in [9.17, 15) is 4.79 Å². The lowest BCUT2D eigenvalue weighted by Crippen LogP contribution is -2.30. The molecule has 0 aromatic rings. The van der Waals surface area contributed by atoms with Crippen LogP contribution in [-0.2, 0) is 4.79 Å². The molecule has 4 heteroatoms. The molecule has 0 bridgehead atoms. The van der Waals surface area contributed by atoms with Crippen LogP contribution < -0.4 is 5.73 Å². The van der Waals surface area contributed by atoms with Gasteiger partial charge in [0.15, 0.2) is 0 Å². The van der Waals surface area contributed by atoms with E-state index in [0.29, 0.717) is 19.5 Å². The molecule has 1 amide bonds. The Morgan fingerprint density at radius 2 is 2.00 bits per heavy atom. The Kier molecular flexibility index (Phi) is 6.52. The van der Waals surface area contributed by atoms with E-state index in [2.05, 4.69) is 13.8 Å². The second kappa shape index (κ2) is 6.80. The molecule has 0 aliphatic carbocycles. The first kappa shape index (κ1) is 14.4. The SMILES string of the molecule is CN(CCO)C(=O)CCC(C)(C)CCN. The monoisotopic (exact) mass is 216 g/mol. The number of carbonyl (C=O) groups is 1. The lowest BCUT2D eigenvalue weighted by Gasteiger charge is -2.24. The first-order valence-electron chi connectivity index (χ1n) is 5.48. The van der Waals surface area contributed by atoms with Crippen LogP contribution in [0.2, 0.25) is 0 Å². The zero-order chi connectivity index (χ0) is 11.9. The minimum Gasteiger partial charge on any atom is -0.395 e. The van der Waals surface area contributed by atoms with Gasteiger partial charge in [-0.15, -0.1) is 0 Å². The highest BCUT2D eigenvalue weighted by Crippen LogP contribution is 2.26. The number of hydrogen-bond donors (Lipinski definition) is 2. The maximum atomic E-state index is 11.6. The Labute approximate surface area is 92.4 Å². The number of amides is 1. The normalized spacial score (nSPS) is 11.5. The van der Waals surface area contributed by atoms with Crippen molar-refractivity contribution in [3.05, 3.63) is 0 Å². The van der Waals surface area contributed by atoms with Crippen molar-refractivity contribution in [2.75, 3.05) is 26.7 Å². The molecule has 0 atom stereocenters. The van der Waals surface area contributed by atoms with Crippen LogP contribution in [0.5, 0.6) is 0 Å². The van der Waals surface area contributed by atoms with Gasteiger partial charge in [-0.25, -0.2) is 0 Å². The van der Waals surface area contributed by atoms with Crippen molar-refractivity contribution in [3.8, 4) is 0 Å². The van der Waals surface area contributed by atoms with E-state index in [1.54, 1.807) is 11.9 Å². The fraction of sp³-hybridized carbons (Fsp3) is 0.909. The van der Waals surface area contributed by atoms with Gasteiger partial charge in [0, 0.05) is 20.0 Å². The lowest BCUT2D eigenvalue weighted by molar-refractivity contribution is -0.130. The molecular weight excluding hydrogens is 192 g/mol. The predicted octanol–water partition coefficient (Wildman–Crippen LogP) is 0.592. The summed E-state index contributed by atoms with van der Waals surface area (Å²) in [6.45, 7) is 5.34. The predicted molar refractivity (Wildman–Crippen MR) is 61.4 cm³/mol. The third-order valence-electron chi connectivity index (χ3n) is 2.70. The Morgan fingerprint density at radius 3 is 2.47 bits per heavy atom. The summed E-state index contributed by atoms with van der Waals surface area (Å²) in [5.41, 5.74) is 5.63. The lowest BCUT2D eigenvalue weighted by atomic mass is 9.84. The number of aliphatic hydroxyl groups excluding tert-OH is 1. The molecule has 0 spiro atoms. The van der Waals surface area contributed by atoms with Crippen molar-refractivity contribution in [3.63, 3.8) is 0 Å². The summed E-state index contributed by atoms with van der Waals surface area (Å²) in [5.74, 6) is 0.0918. The van der Waals surface area contributed by atoms with Gasteiger partial charge >= 0.3 is 0 Å². The zero-order valence-electron chi connectivity index (χ0n) is 10.1. The third-order valence-corrected chi connectivity index (χ3v) is 2.70. The van der Waals surface area contributed by atoms with E-state index in [0.717, 1.165) is 12.8 Å². The van der Waals surface area contributed by atoms with Crippen molar-refractivity contribution >= 4 is 5.91 Å². The summed E-state index contributed by atoms with van der Waals surface area (Å²) < 4.78 is 0.